The van der Waals surface area contributed by atoms with Crippen molar-refractivity contribution in [2.45, 2.75) is 25.0 Å². The standard InChI is InChI=1S/C24H23N5O3/c30-22(18-7-3-1-4-8-18)27-13-11-24(32,12-14-27)16-28-17-25-21-20(23(28)31)15-26-29(21)19-9-5-2-6-10-19/h1-10,15,17,32H,11-14,16H2. The zero-order valence-electron chi connectivity index (χ0n) is 17.5. The van der Waals surface area contributed by atoms with E-state index < -0.39 is 5.60 Å². The summed E-state index contributed by atoms with van der Waals surface area (Å²) in [5.41, 5.74) is 0.615. The summed E-state index contributed by atoms with van der Waals surface area (Å²) in [6.45, 7) is 0.986. The molecule has 2 aromatic carbocycles. The normalized spacial score (nSPS) is 15.7. The molecule has 4 aromatic rings. The third-order valence-electron chi connectivity index (χ3n) is 6.02. The number of amides is 1. The van der Waals surface area contributed by atoms with Gasteiger partial charge in [-0.2, -0.15) is 5.10 Å². The molecule has 0 saturated carbocycles. The maximum Gasteiger partial charge on any atom is 0.264 e. The van der Waals surface area contributed by atoms with Crippen LogP contribution in [0.15, 0.2) is 78.0 Å². The Balaban J connectivity index is 1.33. The highest BCUT2D eigenvalue weighted by molar-refractivity contribution is 5.94. The summed E-state index contributed by atoms with van der Waals surface area (Å²) >= 11 is 0. The van der Waals surface area contributed by atoms with Gasteiger partial charge in [0.25, 0.3) is 11.5 Å². The predicted octanol–water partition coefficient (Wildman–Crippen LogP) is 2.25. The molecule has 1 fully saturated rings. The molecule has 0 bridgehead atoms. The van der Waals surface area contributed by atoms with E-state index in [4.69, 9.17) is 0 Å². The Morgan fingerprint density at radius 1 is 1.00 bits per heavy atom. The van der Waals surface area contributed by atoms with Crippen molar-refractivity contribution in [3.05, 3.63) is 89.1 Å². The lowest BCUT2D eigenvalue weighted by Crippen LogP contribution is -2.49. The van der Waals surface area contributed by atoms with Crippen molar-refractivity contribution in [2.24, 2.45) is 0 Å². The van der Waals surface area contributed by atoms with Crippen LogP contribution in [0.5, 0.6) is 0 Å². The first kappa shape index (κ1) is 20.1. The molecule has 1 aliphatic rings. The minimum atomic E-state index is -1.08. The molecule has 0 unspecified atom stereocenters. The molecular weight excluding hydrogens is 406 g/mol. The van der Waals surface area contributed by atoms with Crippen LogP contribution in [0, 0.1) is 0 Å². The number of para-hydroxylation sites is 1. The van der Waals surface area contributed by atoms with Gasteiger partial charge in [0.05, 0.1) is 24.0 Å². The summed E-state index contributed by atoms with van der Waals surface area (Å²) < 4.78 is 3.07. The third kappa shape index (κ3) is 3.69. The van der Waals surface area contributed by atoms with Gasteiger partial charge >= 0.3 is 0 Å². The number of aromatic nitrogens is 4. The molecule has 0 spiro atoms. The number of fused-ring (bicyclic) bond motifs is 1. The Morgan fingerprint density at radius 3 is 2.34 bits per heavy atom. The second-order valence-electron chi connectivity index (χ2n) is 8.19. The lowest BCUT2D eigenvalue weighted by molar-refractivity contribution is -0.0299. The van der Waals surface area contributed by atoms with Gasteiger partial charge in [-0.05, 0) is 37.1 Å². The van der Waals surface area contributed by atoms with Gasteiger partial charge in [0.15, 0.2) is 5.65 Å². The van der Waals surface area contributed by atoms with Crippen molar-refractivity contribution in [1.82, 2.24) is 24.2 Å². The number of benzene rings is 2. The first-order valence-electron chi connectivity index (χ1n) is 10.6. The van der Waals surface area contributed by atoms with E-state index in [1.165, 1.54) is 17.1 Å². The van der Waals surface area contributed by atoms with Gasteiger partial charge in [0, 0.05) is 18.7 Å². The number of aliphatic hydroxyl groups is 1. The second-order valence-corrected chi connectivity index (χ2v) is 8.19. The van der Waals surface area contributed by atoms with Crippen molar-refractivity contribution >= 4 is 16.9 Å². The Bertz CT molecular complexity index is 1310. The van der Waals surface area contributed by atoms with E-state index in [9.17, 15) is 14.7 Å². The van der Waals surface area contributed by atoms with Crippen LogP contribution in [-0.2, 0) is 6.54 Å². The summed E-state index contributed by atoms with van der Waals surface area (Å²) in [5, 5.41) is 15.9. The molecule has 1 saturated heterocycles. The van der Waals surface area contributed by atoms with E-state index in [0.29, 0.717) is 42.5 Å². The number of hydrogen-bond donors (Lipinski definition) is 1. The molecule has 0 atom stereocenters. The van der Waals surface area contributed by atoms with Crippen LogP contribution < -0.4 is 5.56 Å². The van der Waals surface area contributed by atoms with E-state index in [1.54, 1.807) is 21.7 Å². The van der Waals surface area contributed by atoms with Gasteiger partial charge < -0.3 is 10.0 Å². The minimum Gasteiger partial charge on any atom is -0.388 e. The number of carbonyl (C=O) groups is 1. The molecular formula is C24H23N5O3. The van der Waals surface area contributed by atoms with E-state index >= 15 is 0 Å². The highest BCUT2D eigenvalue weighted by Crippen LogP contribution is 2.25. The van der Waals surface area contributed by atoms with Crippen LogP contribution in [0.1, 0.15) is 23.2 Å². The molecule has 3 heterocycles. The van der Waals surface area contributed by atoms with Crippen LogP contribution in [-0.4, -0.2) is 53.9 Å². The molecule has 1 aliphatic heterocycles. The molecule has 8 heteroatoms. The molecule has 1 N–H and O–H groups in total. The average Bonchev–Trinajstić information content (AvgIpc) is 3.27. The maximum absolute atomic E-state index is 13.0. The van der Waals surface area contributed by atoms with E-state index in [1.807, 2.05) is 48.5 Å². The molecule has 0 radical (unpaired) electrons. The number of carbonyl (C=O) groups excluding carboxylic acids is 1. The fourth-order valence-corrected chi connectivity index (χ4v) is 4.18. The topological polar surface area (TPSA) is 93.2 Å². The highest BCUT2D eigenvalue weighted by Gasteiger charge is 2.35. The van der Waals surface area contributed by atoms with Crippen LogP contribution >= 0.6 is 0 Å². The fourth-order valence-electron chi connectivity index (χ4n) is 4.18. The second kappa shape index (κ2) is 8.05. The zero-order chi connectivity index (χ0) is 22.1. The van der Waals surface area contributed by atoms with Gasteiger partial charge in [-0.15, -0.1) is 0 Å². The summed E-state index contributed by atoms with van der Waals surface area (Å²) in [5.74, 6) is -0.0405. The number of piperidine rings is 1. The van der Waals surface area contributed by atoms with Crippen LogP contribution in [0.4, 0.5) is 0 Å². The maximum atomic E-state index is 13.0. The Hall–Kier alpha value is -3.78. The van der Waals surface area contributed by atoms with Gasteiger partial charge in [0.2, 0.25) is 0 Å². The first-order valence-corrected chi connectivity index (χ1v) is 10.6. The van der Waals surface area contributed by atoms with Crippen molar-refractivity contribution in [2.75, 3.05) is 13.1 Å². The molecule has 1 amide bonds. The Kier molecular flexibility index (Phi) is 5.07. The molecule has 5 rings (SSSR count). The van der Waals surface area contributed by atoms with Crippen molar-refractivity contribution < 1.29 is 9.90 Å². The summed E-state index contributed by atoms with van der Waals surface area (Å²) in [6.07, 6.45) is 3.75. The van der Waals surface area contributed by atoms with E-state index in [0.717, 1.165) is 5.69 Å². The van der Waals surface area contributed by atoms with Gasteiger partial charge in [0.1, 0.15) is 11.7 Å². The number of hydrogen-bond acceptors (Lipinski definition) is 5. The van der Waals surface area contributed by atoms with E-state index in [2.05, 4.69) is 10.1 Å². The molecule has 8 nitrogen and oxygen atoms in total. The van der Waals surface area contributed by atoms with Gasteiger partial charge in [-0.25, -0.2) is 9.67 Å². The first-order chi connectivity index (χ1) is 15.5. The number of nitrogens with zero attached hydrogens (tertiary/aromatic N) is 5. The lowest BCUT2D eigenvalue weighted by atomic mass is 9.91. The van der Waals surface area contributed by atoms with Crippen LogP contribution in [0.2, 0.25) is 0 Å². The summed E-state index contributed by atoms with van der Waals surface area (Å²) in [6, 6.07) is 18.6. The summed E-state index contributed by atoms with van der Waals surface area (Å²) in [7, 11) is 0. The molecule has 162 valence electrons. The van der Waals surface area contributed by atoms with Gasteiger partial charge in [-0.1, -0.05) is 36.4 Å². The lowest BCUT2D eigenvalue weighted by Gasteiger charge is -2.38. The zero-order valence-corrected chi connectivity index (χ0v) is 17.5. The minimum absolute atomic E-state index is 0.0405. The quantitative estimate of drug-likeness (QED) is 0.537. The SMILES string of the molecule is O=C(c1ccccc1)N1CCC(O)(Cn2cnc3c(cnn3-c3ccccc3)c2=O)CC1. The Morgan fingerprint density at radius 2 is 1.66 bits per heavy atom. The van der Waals surface area contributed by atoms with Crippen molar-refractivity contribution in [1.29, 1.82) is 0 Å². The fraction of sp³-hybridized carbons (Fsp3) is 0.250. The monoisotopic (exact) mass is 429 g/mol. The van der Waals surface area contributed by atoms with Crippen molar-refractivity contribution in [3.8, 4) is 5.69 Å². The Labute approximate surface area is 184 Å². The summed E-state index contributed by atoms with van der Waals surface area (Å²) in [4.78, 5) is 31.9. The molecule has 2 aromatic heterocycles. The average molecular weight is 429 g/mol. The predicted molar refractivity (Wildman–Crippen MR) is 120 cm³/mol. The van der Waals surface area contributed by atoms with Crippen LogP contribution in [0.3, 0.4) is 0 Å². The highest BCUT2D eigenvalue weighted by atomic mass is 16.3. The smallest absolute Gasteiger partial charge is 0.264 e. The largest absolute Gasteiger partial charge is 0.388 e. The van der Waals surface area contributed by atoms with Crippen molar-refractivity contribution in [3.63, 3.8) is 0 Å². The van der Waals surface area contributed by atoms with Gasteiger partial charge in [-0.3, -0.25) is 14.2 Å². The number of likely N-dealkylation sites (tertiary alicyclic amines) is 1. The van der Waals surface area contributed by atoms with Crippen LogP contribution in [0.25, 0.3) is 16.7 Å². The molecule has 32 heavy (non-hydrogen) atoms. The number of rotatable bonds is 4. The molecule has 0 aliphatic carbocycles. The van der Waals surface area contributed by atoms with E-state index in [-0.39, 0.29) is 18.0 Å². The third-order valence-corrected chi connectivity index (χ3v) is 6.02.